The number of hydrogen-bond acceptors (Lipinski definition) is 1. The quantitative estimate of drug-likeness (QED) is 0.718. The normalized spacial score (nSPS) is 12.8. The van der Waals surface area contributed by atoms with E-state index in [-0.39, 0.29) is 0 Å². The van der Waals surface area contributed by atoms with E-state index < -0.39 is 0 Å². The minimum Gasteiger partial charge on any atom is -0.508 e. The molecule has 1 atom stereocenters. The molecule has 0 aromatic heterocycles. The molecule has 1 aromatic rings. The molecule has 0 spiro atoms. The molecular formula is C13H18O. The minimum atomic E-state index is 0.320. The lowest BCUT2D eigenvalue weighted by Gasteiger charge is -2.15. The summed E-state index contributed by atoms with van der Waals surface area (Å²) in [5, 5.41) is 9.17. The van der Waals surface area contributed by atoms with Crippen LogP contribution in [0.25, 0.3) is 0 Å². The lowest BCUT2D eigenvalue weighted by Crippen LogP contribution is -1.99. The Morgan fingerprint density at radius 2 is 1.86 bits per heavy atom. The van der Waals surface area contributed by atoms with Gasteiger partial charge in [-0.3, -0.25) is 0 Å². The number of benzene rings is 1. The SMILES string of the molecule is C=CC(CC(C)C)c1ccc(O)cc1. The summed E-state index contributed by atoms with van der Waals surface area (Å²) in [5.41, 5.74) is 1.23. The Labute approximate surface area is 86.1 Å². The van der Waals surface area contributed by atoms with Crippen molar-refractivity contribution < 1.29 is 5.11 Å². The average molecular weight is 190 g/mol. The monoisotopic (exact) mass is 190 g/mol. The molecule has 1 rings (SSSR count). The lowest BCUT2D eigenvalue weighted by atomic mass is 9.90. The van der Waals surface area contributed by atoms with E-state index in [1.165, 1.54) is 5.56 Å². The summed E-state index contributed by atoms with van der Waals surface area (Å²) in [6.07, 6.45) is 3.08. The zero-order chi connectivity index (χ0) is 10.6. The highest BCUT2D eigenvalue weighted by Crippen LogP contribution is 2.25. The number of aromatic hydroxyl groups is 1. The average Bonchev–Trinajstić information content (AvgIpc) is 2.15. The molecule has 0 bridgehead atoms. The highest BCUT2D eigenvalue weighted by molar-refractivity contribution is 5.30. The Bertz CT molecular complexity index is 285. The molecule has 0 saturated carbocycles. The minimum absolute atomic E-state index is 0.320. The van der Waals surface area contributed by atoms with E-state index in [0.29, 0.717) is 17.6 Å². The molecule has 0 heterocycles. The van der Waals surface area contributed by atoms with Crippen LogP contribution in [0.3, 0.4) is 0 Å². The number of rotatable bonds is 4. The molecule has 0 amide bonds. The summed E-state index contributed by atoms with van der Waals surface area (Å²) in [7, 11) is 0. The molecule has 1 unspecified atom stereocenters. The molecule has 0 radical (unpaired) electrons. The van der Waals surface area contributed by atoms with E-state index in [1.807, 2.05) is 18.2 Å². The Morgan fingerprint density at radius 1 is 1.29 bits per heavy atom. The number of phenols is 1. The molecule has 1 heteroatoms. The second kappa shape index (κ2) is 4.85. The van der Waals surface area contributed by atoms with Crippen LogP contribution >= 0.6 is 0 Å². The second-order valence-electron chi connectivity index (χ2n) is 4.06. The van der Waals surface area contributed by atoms with Crippen molar-refractivity contribution in [3.63, 3.8) is 0 Å². The van der Waals surface area contributed by atoms with Gasteiger partial charge in [0.15, 0.2) is 0 Å². The maximum absolute atomic E-state index is 9.17. The molecule has 0 aliphatic carbocycles. The van der Waals surface area contributed by atoms with Gasteiger partial charge in [-0.05, 0) is 30.0 Å². The molecular weight excluding hydrogens is 172 g/mol. The first kappa shape index (κ1) is 10.8. The number of hydrogen-bond donors (Lipinski definition) is 1. The summed E-state index contributed by atoms with van der Waals surface area (Å²) >= 11 is 0. The van der Waals surface area contributed by atoms with Gasteiger partial charge in [0.25, 0.3) is 0 Å². The van der Waals surface area contributed by atoms with E-state index >= 15 is 0 Å². The van der Waals surface area contributed by atoms with Crippen LogP contribution in [0.2, 0.25) is 0 Å². The zero-order valence-electron chi connectivity index (χ0n) is 8.90. The van der Waals surface area contributed by atoms with Gasteiger partial charge >= 0.3 is 0 Å². The topological polar surface area (TPSA) is 20.2 Å². The van der Waals surface area contributed by atoms with Crippen molar-refractivity contribution in [2.45, 2.75) is 26.2 Å². The van der Waals surface area contributed by atoms with Gasteiger partial charge in [-0.1, -0.05) is 32.1 Å². The molecule has 0 fully saturated rings. The maximum atomic E-state index is 9.17. The molecule has 1 N–H and O–H groups in total. The van der Waals surface area contributed by atoms with Gasteiger partial charge in [-0.15, -0.1) is 6.58 Å². The third-order valence-electron chi connectivity index (χ3n) is 2.33. The van der Waals surface area contributed by atoms with Crippen molar-refractivity contribution in [2.24, 2.45) is 5.92 Å². The summed E-state index contributed by atoms with van der Waals surface area (Å²) in [4.78, 5) is 0. The smallest absolute Gasteiger partial charge is 0.115 e. The summed E-state index contributed by atoms with van der Waals surface area (Å²) in [5.74, 6) is 1.38. The summed E-state index contributed by atoms with van der Waals surface area (Å²) < 4.78 is 0. The first-order valence-electron chi connectivity index (χ1n) is 5.05. The van der Waals surface area contributed by atoms with Crippen molar-refractivity contribution >= 4 is 0 Å². The highest BCUT2D eigenvalue weighted by atomic mass is 16.3. The fourth-order valence-electron chi connectivity index (χ4n) is 1.60. The van der Waals surface area contributed by atoms with Crippen LogP contribution < -0.4 is 0 Å². The Balaban J connectivity index is 2.78. The van der Waals surface area contributed by atoms with Crippen LogP contribution in [0.5, 0.6) is 5.75 Å². The first-order valence-corrected chi connectivity index (χ1v) is 5.05. The summed E-state index contributed by atoms with van der Waals surface area (Å²) in [6, 6.07) is 7.38. The van der Waals surface area contributed by atoms with Gasteiger partial charge in [0.2, 0.25) is 0 Å². The van der Waals surface area contributed by atoms with Crippen LogP contribution in [0, 0.1) is 5.92 Å². The van der Waals surface area contributed by atoms with Gasteiger partial charge in [-0.2, -0.15) is 0 Å². The van der Waals surface area contributed by atoms with Gasteiger partial charge < -0.3 is 5.11 Å². The molecule has 1 aromatic carbocycles. The first-order chi connectivity index (χ1) is 6.63. The van der Waals surface area contributed by atoms with Crippen molar-refractivity contribution in [1.82, 2.24) is 0 Å². The highest BCUT2D eigenvalue weighted by Gasteiger charge is 2.09. The third kappa shape index (κ3) is 2.91. The van der Waals surface area contributed by atoms with Crippen LogP contribution in [-0.4, -0.2) is 5.11 Å². The number of phenolic OH excluding ortho intramolecular Hbond substituents is 1. The second-order valence-corrected chi connectivity index (χ2v) is 4.06. The van der Waals surface area contributed by atoms with E-state index in [9.17, 15) is 0 Å². The van der Waals surface area contributed by atoms with Crippen molar-refractivity contribution in [2.75, 3.05) is 0 Å². The van der Waals surface area contributed by atoms with Gasteiger partial charge in [-0.25, -0.2) is 0 Å². The fraction of sp³-hybridized carbons (Fsp3) is 0.385. The van der Waals surface area contributed by atoms with Crippen LogP contribution in [0.4, 0.5) is 0 Å². The summed E-state index contributed by atoms with van der Waals surface area (Å²) in [6.45, 7) is 8.26. The third-order valence-corrected chi connectivity index (χ3v) is 2.33. The Morgan fingerprint density at radius 3 is 2.29 bits per heavy atom. The molecule has 0 aliphatic heterocycles. The van der Waals surface area contributed by atoms with E-state index in [0.717, 1.165) is 6.42 Å². The standard InChI is InChI=1S/C13H18O/c1-4-11(9-10(2)3)12-5-7-13(14)8-6-12/h4-8,10-11,14H,1,9H2,2-3H3. The molecule has 0 aliphatic rings. The lowest BCUT2D eigenvalue weighted by molar-refractivity contribution is 0.474. The molecule has 76 valence electrons. The number of allylic oxidation sites excluding steroid dienone is 1. The van der Waals surface area contributed by atoms with E-state index in [2.05, 4.69) is 20.4 Å². The van der Waals surface area contributed by atoms with E-state index in [4.69, 9.17) is 5.11 Å². The van der Waals surface area contributed by atoms with Gasteiger partial charge in [0.1, 0.15) is 5.75 Å². The van der Waals surface area contributed by atoms with Crippen LogP contribution in [0.15, 0.2) is 36.9 Å². The van der Waals surface area contributed by atoms with Gasteiger partial charge in [0, 0.05) is 5.92 Å². The van der Waals surface area contributed by atoms with Gasteiger partial charge in [0.05, 0.1) is 0 Å². The maximum Gasteiger partial charge on any atom is 0.115 e. The molecule has 1 nitrogen and oxygen atoms in total. The largest absolute Gasteiger partial charge is 0.508 e. The van der Waals surface area contributed by atoms with Crippen LogP contribution in [0.1, 0.15) is 31.7 Å². The van der Waals surface area contributed by atoms with Crippen molar-refractivity contribution in [3.05, 3.63) is 42.5 Å². The predicted octanol–water partition coefficient (Wildman–Crippen LogP) is 3.71. The zero-order valence-corrected chi connectivity index (χ0v) is 8.90. The van der Waals surface area contributed by atoms with E-state index in [1.54, 1.807) is 12.1 Å². The molecule has 0 saturated heterocycles. The predicted molar refractivity (Wildman–Crippen MR) is 60.5 cm³/mol. The fourth-order valence-corrected chi connectivity index (χ4v) is 1.60. The van der Waals surface area contributed by atoms with Crippen LogP contribution in [-0.2, 0) is 0 Å². The van der Waals surface area contributed by atoms with Crippen molar-refractivity contribution in [1.29, 1.82) is 0 Å². The van der Waals surface area contributed by atoms with Crippen molar-refractivity contribution in [3.8, 4) is 5.75 Å². The molecule has 14 heavy (non-hydrogen) atoms. The Hall–Kier alpha value is -1.24. The Kier molecular flexibility index (Phi) is 3.75.